The molecular weight excluding hydrogens is 310 g/mol. The molecule has 1 heterocycles. The van der Waals surface area contributed by atoms with Gasteiger partial charge in [-0.3, -0.25) is 0 Å². The zero-order valence-corrected chi connectivity index (χ0v) is 14.2. The van der Waals surface area contributed by atoms with Gasteiger partial charge in [-0.05, 0) is 61.9 Å². The number of hydrogen-bond donors (Lipinski definition) is 1. The van der Waals surface area contributed by atoms with Gasteiger partial charge in [0.25, 0.3) is 0 Å². The van der Waals surface area contributed by atoms with Gasteiger partial charge in [0.15, 0.2) is 5.22 Å². The highest BCUT2D eigenvalue weighted by molar-refractivity contribution is 7.91. The predicted molar refractivity (Wildman–Crippen MR) is 85.3 cm³/mol. The van der Waals surface area contributed by atoms with E-state index in [0.717, 1.165) is 38.0 Å². The molecule has 2 rings (SSSR count). The van der Waals surface area contributed by atoms with Gasteiger partial charge >= 0.3 is 0 Å². The quantitative estimate of drug-likeness (QED) is 0.864. The Kier molecular flexibility index (Phi) is 5.74. The Balaban J connectivity index is 2.16. The third-order valence-corrected chi connectivity index (χ3v) is 6.10. The maximum absolute atomic E-state index is 11.8. The second-order valence-corrected chi connectivity index (χ2v) is 8.65. The van der Waals surface area contributed by atoms with Gasteiger partial charge < -0.3 is 9.73 Å². The topological polar surface area (TPSA) is 59.3 Å². The van der Waals surface area contributed by atoms with E-state index in [-0.39, 0.29) is 17.2 Å². The van der Waals surface area contributed by atoms with Crippen LogP contribution in [0.4, 0.5) is 0 Å². The van der Waals surface area contributed by atoms with Crippen LogP contribution >= 0.6 is 11.6 Å². The maximum Gasteiger partial charge on any atom is 0.193 e. The minimum Gasteiger partial charge on any atom is -0.448 e. The van der Waals surface area contributed by atoms with Gasteiger partial charge in [-0.2, -0.15) is 0 Å². The molecule has 0 amide bonds. The molecule has 0 saturated heterocycles. The molecule has 21 heavy (non-hydrogen) atoms. The van der Waals surface area contributed by atoms with Crippen LogP contribution in [0.15, 0.2) is 16.5 Å². The van der Waals surface area contributed by atoms with E-state index < -0.39 is 9.84 Å². The van der Waals surface area contributed by atoms with Gasteiger partial charge in [0, 0.05) is 6.26 Å². The summed E-state index contributed by atoms with van der Waals surface area (Å²) in [4.78, 5) is 0. The average Bonchev–Trinajstić information content (AvgIpc) is 2.85. The lowest BCUT2D eigenvalue weighted by atomic mass is 9.82. The Morgan fingerprint density at radius 3 is 2.76 bits per heavy atom. The summed E-state index contributed by atoms with van der Waals surface area (Å²) in [6, 6.07) is 3.68. The normalized spacial score (nSPS) is 24.9. The summed E-state index contributed by atoms with van der Waals surface area (Å²) in [6.07, 6.45) is 5.80. The Morgan fingerprint density at radius 2 is 2.19 bits per heavy atom. The monoisotopic (exact) mass is 333 g/mol. The van der Waals surface area contributed by atoms with Crippen molar-refractivity contribution in [1.82, 2.24) is 5.32 Å². The number of halogens is 1. The molecule has 0 aromatic carbocycles. The highest BCUT2D eigenvalue weighted by Gasteiger charge is 2.34. The van der Waals surface area contributed by atoms with Gasteiger partial charge in [-0.1, -0.05) is 13.3 Å². The van der Waals surface area contributed by atoms with E-state index in [0.29, 0.717) is 11.6 Å². The van der Waals surface area contributed by atoms with Crippen LogP contribution in [0.25, 0.3) is 0 Å². The molecule has 4 nitrogen and oxygen atoms in total. The maximum atomic E-state index is 11.8. The van der Waals surface area contributed by atoms with Gasteiger partial charge in [-0.15, -0.1) is 0 Å². The second kappa shape index (κ2) is 7.16. The van der Waals surface area contributed by atoms with Crippen LogP contribution in [0, 0.1) is 5.92 Å². The van der Waals surface area contributed by atoms with Crippen molar-refractivity contribution in [3.63, 3.8) is 0 Å². The molecule has 3 atom stereocenters. The molecule has 1 aromatic heterocycles. The molecule has 6 heteroatoms. The minimum atomic E-state index is -2.97. The summed E-state index contributed by atoms with van der Waals surface area (Å²) >= 11 is 5.89. The van der Waals surface area contributed by atoms with Gasteiger partial charge in [0.1, 0.15) is 15.6 Å². The Morgan fingerprint density at radius 1 is 1.43 bits per heavy atom. The number of rotatable bonds is 6. The van der Waals surface area contributed by atoms with Crippen LogP contribution in [-0.4, -0.2) is 26.5 Å². The second-order valence-electron chi connectivity index (χ2n) is 5.95. The molecule has 1 fully saturated rings. The third-order valence-electron chi connectivity index (χ3n) is 4.26. The fraction of sp³-hybridized carbons (Fsp3) is 0.733. The standard InChI is InChI=1S/C15H24ClNO3S/c1-3-9-17-15(13-7-8-14(16)20-13)11-5-4-6-12(10-11)21(2,18)19/h7-8,11-12,15,17H,3-6,9-10H2,1-2H3. The van der Waals surface area contributed by atoms with Crippen LogP contribution in [0.2, 0.25) is 5.22 Å². The summed E-state index contributed by atoms with van der Waals surface area (Å²) in [5, 5.41) is 3.64. The summed E-state index contributed by atoms with van der Waals surface area (Å²) in [6.45, 7) is 2.99. The van der Waals surface area contributed by atoms with Crippen LogP contribution in [-0.2, 0) is 9.84 Å². The lowest BCUT2D eigenvalue weighted by Crippen LogP contribution is -2.35. The average molecular weight is 334 g/mol. The smallest absolute Gasteiger partial charge is 0.193 e. The Hall–Kier alpha value is -0.520. The van der Waals surface area contributed by atoms with Crippen molar-refractivity contribution in [3.05, 3.63) is 23.1 Å². The van der Waals surface area contributed by atoms with E-state index in [1.807, 2.05) is 6.07 Å². The molecule has 0 radical (unpaired) electrons. The largest absolute Gasteiger partial charge is 0.448 e. The minimum absolute atomic E-state index is 0.0435. The van der Waals surface area contributed by atoms with Crippen molar-refractivity contribution in [2.45, 2.75) is 50.3 Å². The molecule has 1 aromatic rings. The van der Waals surface area contributed by atoms with Crippen molar-refractivity contribution in [2.24, 2.45) is 5.92 Å². The fourth-order valence-electron chi connectivity index (χ4n) is 3.17. The van der Waals surface area contributed by atoms with Gasteiger partial charge in [-0.25, -0.2) is 8.42 Å². The first kappa shape index (κ1) is 16.8. The van der Waals surface area contributed by atoms with E-state index in [1.165, 1.54) is 6.26 Å². The number of hydrogen-bond acceptors (Lipinski definition) is 4. The first-order valence-electron chi connectivity index (χ1n) is 7.59. The van der Waals surface area contributed by atoms with E-state index in [9.17, 15) is 8.42 Å². The molecule has 1 aliphatic rings. The van der Waals surface area contributed by atoms with E-state index in [4.69, 9.17) is 16.0 Å². The van der Waals surface area contributed by atoms with Crippen molar-refractivity contribution in [1.29, 1.82) is 0 Å². The van der Waals surface area contributed by atoms with Crippen molar-refractivity contribution < 1.29 is 12.8 Å². The highest BCUT2D eigenvalue weighted by atomic mass is 35.5. The van der Waals surface area contributed by atoms with Crippen molar-refractivity contribution >= 4 is 21.4 Å². The first-order valence-corrected chi connectivity index (χ1v) is 9.92. The van der Waals surface area contributed by atoms with E-state index in [1.54, 1.807) is 6.07 Å². The van der Waals surface area contributed by atoms with E-state index >= 15 is 0 Å². The van der Waals surface area contributed by atoms with E-state index in [2.05, 4.69) is 12.2 Å². The SMILES string of the molecule is CCCNC(c1ccc(Cl)o1)C1CCCC(S(C)(=O)=O)C1. The molecule has 120 valence electrons. The summed E-state index contributed by atoms with van der Waals surface area (Å²) in [5.41, 5.74) is 0. The zero-order chi connectivity index (χ0) is 15.5. The third kappa shape index (κ3) is 4.47. The molecule has 1 saturated carbocycles. The molecule has 0 aliphatic heterocycles. The molecule has 0 bridgehead atoms. The molecule has 3 unspecified atom stereocenters. The molecule has 0 spiro atoms. The molecular formula is C15H24ClNO3S. The lowest BCUT2D eigenvalue weighted by molar-refractivity contribution is 0.245. The lowest BCUT2D eigenvalue weighted by Gasteiger charge is -2.33. The zero-order valence-electron chi connectivity index (χ0n) is 12.6. The van der Waals surface area contributed by atoms with Crippen LogP contribution in [0.1, 0.15) is 50.8 Å². The van der Waals surface area contributed by atoms with Crippen LogP contribution < -0.4 is 5.32 Å². The van der Waals surface area contributed by atoms with Gasteiger partial charge in [0.05, 0.1) is 11.3 Å². The van der Waals surface area contributed by atoms with Crippen LogP contribution in [0.5, 0.6) is 0 Å². The number of sulfone groups is 1. The predicted octanol–water partition coefficient (Wildman–Crippen LogP) is 3.58. The van der Waals surface area contributed by atoms with Crippen molar-refractivity contribution in [3.8, 4) is 0 Å². The van der Waals surface area contributed by atoms with Gasteiger partial charge in [0.2, 0.25) is 0 Å². The van der Waals surface area contributed by atoms with Crippen molar-refractivity contribution in [2.75, 3.05) is 12.8 Å². The fourth-order valence-corrected chi connectivity index (χ4v) is 4.51. The number of nitrogens with one attached hydrogen (secondary N) is 1. The van der Waals surface area contributed by atoms with Crippen LogP contribution in [0.3, 0.4) is 0 Å². The Labute approximate surface area is 132 Å². The first-order chi connectivity index (χ1) is 9.91. The molecule has 1 N–H and O–H groups in total. The Bertz CT molecular complexity index is 555. The summed E-state index contributed by atoms with van der Waals surface area (Å²) in [5.74, 6) is 1.08. The number of furan rings is 1. The molecule has 1 aliphatic carbocycles. The summed E-state index contributed by atoms with van der Waals surface area (Å²) < 4.78 is 29.3. The summed E-state index contributed by atoms with van der Waals surface area (Å²) in [7, 11) is -2.97. The highest BCUT2D eigenvalue weighted by Crippen LogP contribution is 2.37.